The van der Waals surface area contributed by atoms with Gasteiger partial charge in [0, 0.05) is 6.54 Å². The molecule has 9 nitrogen and oxygen atoms in total. The van der Waals surface area contributed by atoms with Gasteiger partial charge in [0.2, 0.25) is 5.91 Å². The standard InChI is InChI=1S/C42H81N2O7P/c1-3-5-7-9-11-13-15-17-19-20-22-24-26-28-30-32-34-41(46)40(38-51-52(48,49)50-36-35-43)44-42(47)37-39(45)33-31-29-27-25-23-21-18-16-14-12-10-8-6-4-2/h17,19,24,26,32,34,39-41,45-46H,3-16,18,20-23,25,27-31,33,35-38,43H2,1-2H3,(H,44,47)(H,48,49)/b19-17+,26-24+,34-32+. The normalized spacial score (nSPS) is 15.1. The molecule has 0 saturated heterocycles. The van der Waals surface area contributed by atoms with Crippen molar-refractivity contribution in [2.75, 3.05) is 19.8 Å². The molecular weight excluding hydrogens is 675 g/mol. The van der Waals surface area contributed by atoms with E-state index in [-0.39, 0.29) is 19.6 Å². The number of rotatable bonds is 39. The topological polar surface area (TPSA) is 151 Å². The number of amides is 1. The molecule has 0 heterocycles. The van der Waals surface area contributed by atoms with Crippen LogP contribution in [0.1, 0.15) is 187 Å². The highest BCUT2D eigenvalue weighted by molar-refractivity contribution is 7.47. The predicted molar refractivity (Wildman–Crippen MR) is 218 cm³/mol. The Balaban J connectivity index is 4.43. The molecule has 4 atom stereocenters. The van der Waals surface area contributed by atoms with Crippen molar-refractivity contribution in [3.05, 3.63) is 36.5 Å². The number of phosphoric acid groups is 1. The first-order valence-electron chi connectivity index (χ1n) is 21.2. The van der Waals surface area contributed by atoms with Crippen LogP contribution in [0.3, 0.4) is 0 Å². The van der Waals surface area contributed by atoms with Gasteiger partial charge in [-0.3, -0.25) is 13.8 Å². The Morgan fingerprint density at radius 3 is 1.60 bits per heavy atom. The summed E-state index contributed by atoms with van der Waals surface area (Å²) in [5.74, 6) is -0.460. The minimum atomic E-state index is -4.41. The highest BCUT2D eigenvalue weighted by Gasteiger charge is 2.27. The van der Waals surface area contributed by atoms with Gasteiger partial charge < -0.3 is 26.2 Å². The van der Waals surface area contributed by atoms with Crippen molar-refractivity contribution in [2.45, 2.75) is 205 Å². The lowest BCUT2D eigenvalue weighted by atomic mass is 10.0. The van der Waals surface area contributed by atoms with Crippen molar-refractivity contribution in [1.82, 2.24) is 5.32 Å². The smallest absolute Gasteiger partial charge is 0.393 e. The van der Waals surface area contributed by atoms with Gasteiger partial charge in [0.05, 0.1) is 37.9 Å². The summed E-state index contributed by atoms with van der Waals surface area (Å²) in [6.45, 7) is 3.93. The van der Waals surface area contributed by atoms with E-state index in [1.54, 1.807) is 6.08 Å². The summed E-state index contributed by atoms with van der Waals surface area (Å²) in [4.78, 5) is 22.7. The summed E-state index contributed by atoms with van der Waals surface area (Å²) in [7, 11) is -4.41. The van der Waals surface area contributed by atoms with Gasteiger partial charge in [0.1, 0.15) is 0 Å². The van der Waals surface area contributed by atoms with Crippen molar-refractivity contribution in [3.8, 4) is 0 Å². The maximum atomic E-state index is 12.8. The SMILES string of the molecule is CCCCCCCC/C=C/CC/C=C/CC/C=C/C(O)C(COP(=O)(O)OCCN)NC(=O)CC(O)CCCCCCCCCCCCCCCC. The average molecular weight is 757 g/mol. The number of nitrogens with two attached hydrogens (primary N) is 1. The summed E-state index contributed by atoms with van der Waals surface area (Å²) < 4.78 is 22.0. The maximum Gasteiger partial charge on any atom is 0.472 e. The number of aliphatic hydroxyl groups is 2. The lowest BCUT2D eigenvalue weighted by Crippen LogP contribution is -2.46. The van der Waals surface area contributed by atoms with Crippen LogP contribution in [0, 0.1) is 0 Å². The molecule has 1 amide bonds. The van der Waals surface area contributed by atoms with E-state index in [0.29, 0.717) is 12.8 Å². The summed E-state index contributed by atoms with van der Waals surface area (Å²) in [5, 5.41) is 24.0. The summed E-state index contributed by atoms with van der Waals surface area (Å²) in [6.07, 6.45) is 40.8. The molecule has 0 bridgehead atoms. The molecule has 0 aromatic heterocycles. The molecular formula is C42H81N2O7P. The van der Waals surface area contributed by atoms with E-state index in [1.165, 1.54) is 109 Å². The predicted octanol–water partition coefficient (Wildman–Crippen LogP) is 10.5. The summed E-state index contributed by atoms with van der Waals surface area (Å²) in [5.41, 5.74) is 5.35. The fraction of sp³-hybridized carbons (Fsp3) is 0.833. The summed E-state index contributed by atoms with van der Waals surface area (Å²) >= 11 is 0. The maximum absolute atomic E-state index is 12.8. The third-order valence-corrected chi connectivity index (χ3v) is 10.2. The van der Waals surface area contributed by atoms with Gasteiger partial charge >= 0.3 is 7.82 Å². The Bertz CT molecular complexity index is 930. The van der Waals surface area contributed by atoms with E-state index in [0.717, 1.165) is 44.9 Å². The van der Waals surface area contributed by atoms with E-state index < -0.39 is 38.6 Å². The van der Waals surface area contributed by atoms with E-state index >= 15 is 0 Å². The van der Waals surface area contributed by atoms with Crippen LogP contribution in [0.25, 0.3) is 0 Å². The molecule has 0 aromatic rings. The number of hydrogen-bond acceptors (Lipinski definition) is 7. The number of carbonyl (C=O) groups excluding carboxylic acids is 1. The van der Waals surface area contributed by atoms with Crippen molar-refractivity contribution in [1.29, 1.82) is 0 Å². The van der Waals surface area contributed by atoms with Crippen LogP contribution in [0.4, 0.5) is 0 Å². The Morgan fingerprint density at radius 1 is 0.654 bits per heavy atom. The number of carbonyl (C=O) groups is 1. The van der Waals surface area contributed by atoms with Crippen LogP contribution in [0.5, 0.6) is 0 Å². The van der Waals surface area contributed by atoms with Crippen LogP contribution in [-0.4, -0.2) is 59.0 Å². The van der Waals surface area contributed by atoms with Crippen LogP contribution in [0.15, 0.2) is 36.5 Å². The van der Waals surface area contributed by atoms with E-state index in [2.05, 4.69) is 43.5 Å². The molecule has 0 aliphatic rings. The van der Waals surface area contributed by atoms with Crippen LogP contribution < -0.4 is 11.1 Å². The molecule has 0 fully saturated rings. The molecule has 0 saturated carbocycles. The lowest BCUT2D eigenvalue weighted by molar-refractivity contribution is -0.124. The number of aliphatic hydroxyl groups excluding tert-OH is 2. The molecule has 0 aromatic carbocycles. The van der Waals surface area contributed by atoms with Gasteiger partial charge in [-0.15, -0.1) is 0 Å². The first-order chi connectivity index (χ1) is 25.3. The Hall–Kier alpha value is -1.32. The van der Waals surface area contributed by atoms with Gasteiger partial charge in [-0.2, -0.15) is 0 Å². The number of unbranched alkanes of at least 4 members (excludes halogenated alkanes) is 21. The molecule has 4 unspecified atom stereocenters. The van der Waals surface area contributed by atoms with Gasteiger partial charge in [-0.1, -0.05) is 172 Å². The molecule has 0 spiro atoms. The minimum absolute atomic E-state index is 0.0427. The molecule has 52 heavy (non-hydrogen) atoms. The molecule has 0 aliphatic heterocycles. The minimum Gasteiger partial charge on any atom is -0.393 e. The Morgan fingerprint density at radius 2 is 1.10 bits per heavy atom. The van der Waals surface area contributed by atoms with E-state index in [9.17, 15) is 24.5 Å². The second kappa shape index (κ2) is 38.0. The van der Waals surface area contributed by atoms with Gasteiger partial charge in [-0.05, 0) is 44.9 Å². The zero-order valence-corrected chi connectivity index (χ0v) is 34.3. The van der Waals surface area contributed by atoms with Crippen molar-refractivity contribution < 1.29 is 33.5 Å². The third-order valence-electron chi connectivity index (χ3n) is 9.25. The molecule has 0 rings (SSSR count). The molecule has 0 aliphatic carbocycles. The number of hydrogen-bond donors (Lipinski definition) is 5. The molecule has 10 heteroatoms. The first-order valence-corrected chi connectivity index (χ1v) is 22.7. The Kier molecular flexibility index (Phi) is 37.0. The van der Waals surface area contributed by atoms with E-state index in [1.807, 2.05) is 6.08 Å². The summed E-state index contributed by atoms with van der Waals surface area (Å²) in [6, 6.07) is -1.00. The van der Waals surface area contributed by atoms with Gasteiger partial charge in [0.15, 0.2) is 0 Å². The quantitative estimate of drug-likeness (QED) is 0.0236. The number of allylic oxidation sites excluding steroid dienone is 5. The average Bonchev–Trinajstić information content (AvgIpc) is 3.12. The molecule has 0 radical (unpaired) electrons. The molecule has 306 valence electrons. The lowest BCUT2D eigenvalue weighted by Gasteiger charge is -2.24. The second-order valence-electron chi connectivity index (χ2n) is 14.4. The fourth-order valence-electron chi connectivity index (χ4n) is 6.03. The first kappa shape index (κ1) is 50.7. The van der Waals surface area contributed by atoms with Crippen molar-refractivity contribution in [2.24, 2.45) is 5.73 Å². The van der Waals surface area contributed by atoms with Crippen molar-refractivity contribution >= 4 is 13.7 Å². The zero-order valence-electron chi connectivity index (χ0n) is 33.4. The second-order valence-corrected chi connectivity index (χ2v) is 15.8. The third kappa shape index (κ3) is 35.7. The van der Waals surface area contributed by atoms with Gasteiger partial charge in [-0.25, -0.2) is 4.57 Å². The Labute approximate surface area is 319 Å². The van der Waals surface area contributed by atoms with Crippen LogP contribution in [0.2, 0.25) is 0 Å². The van der Waals surface area contributed by atoms with Crippen molar-refractivity contribution in [3.63, 3.8) is 0 Å². The fourth-order valence-corrected chi connectivity index (χ4v) is 6.79. The molecule has 6 N–H and O–H groups in total. The number of phosphoric ester groups is 1. The van der Waals surface area contributed by atoms with Crippen LogP contribution >= 0.6 is 7.82 Å². The zero-order chi connectivity index (χ0) is 38.4. The largest absolute Gasteiger partial charge is 0.472 e. The monoisotopic (exact) mass is 757 g/mol. The van der Waals surface area contributed by atoms with E-state index in [4.69, 9.17) is 14.8 Å². The van der Waals surface area contributed by atoms with Crippen LogP contribution in [-0.2, 0) is 18.4 Å². The highest BCUT2D eigenvalue weighted by atomic mass is 31.2. The van der Waals surface area contributed by atoms with Gasteiger partial charge in [0.25, 0.3) is 0 Å². The number of nitrogens with one attached hydrogen (secondary N) is 1. The highest BCUT2D eigenvalue weighted by Crippen LogP contribution is 2.43.